The van der Waals surface area contributed by atoms with Gasteiger partial charge in [0.1, 0.15) is 5.76 Å². The van der Waals surface area contributed by atoms with E-state index in [2.05, 4.69) is 15.8 Å². The standard InChI is InChI=1S/C18H18Cl2N4O3/c1-4-24-10(3)14(17(25)21-13-8-9(2)27-23-13)16(22-18(24)26)11-6-5-7-12(19)15(11)20/h5-8,16H,4H2,1-3H3,(H,22,26)(H,21,23,25). The number of aryl methyl sites for hydroxylation is 1. The number of nitrogens with zero attached hydrogens (tertiary/aromatic N) is 2. The number of benzene rings is 1. The monoisotopic (exact) mass is 408 g/mol. The molecular weight excluding hydrogens is 391 g/mol. The van der Waals surface area contributed by atoms with Crippen molar-refractivity contribution in [2.45, 2.75) is 26.8 Å². The number of allylic oxidation sites excluding steroid dienone is 1. The Morgan fingerprint density at radius 3 is 2.74 bits per heavy atom. The number of anilines is 1. The van der Waals surface area contributed by atoms with Crippen molar-refractivity contribution in [3.63, 3.8) is 0 Å². The molecule has 0 saturated carbocycles. The number of halogens is 2. The third-order valence-corrected chi connectivity index (χ3v) is 5.15. The highest BCUT2D eigenvalue weighted by Crippen LogP contribution is 2.37. The number of hydrogen-bond acceptors (Lipinski definition) is 4. The lowest BCUT2D eigenvalue weighted by molar-refractivity contribution is -0.113. The van der Waals surface area contributed by atoms with Gasteiger partial charge < -0.3 is 15.2 Å². The summed E-state index contributed by atoms with van der Waals surface area (Å²) in [5, 5.41) is 9.94. The number of amides is 3. The SMILES string of the molecule is CCN1C(=O)NC(c2cccc(Cl)c2Cl)C(C(=O)Nc2cc(C)on2)=C1C. The van der Waals surface area contributed by atoms with Crippen molar-refractivity contribution in [2.24, 2.45) is 0 Å². The fraction of sp³-hybridized carbons (Fsp3) is 0.278. The molecule has 0 radical (unpaired) electrons. The highest BCUT2D eigenvalue weighted by Gasteiger charge is 2.36. The second-order valence-corrected chi connectivity index (χ2v) is 6.83. The smallest absolute Gasteiger partial charge is 0.322 e. The number of carbonyl (C=O) groups is 2. The summed E-state index contributed by atoms with van der Waals surface area (Å²) in [7, 11) is 0. The molecule has 1 aliphatic rings. The minimum atomic E-state index is -0.750. The Hall–Kier alpha value is -2.51. The van der Waals surface area contributed by atoms with Gasteiger partial charge in [-0.1, -0.05) is 40.5 Å². The summed E-state index contributed by atoms with van der Waals surface area (Å²) in [4.78, 5) is 27.0. The largest absolute Gasteiger partial charge is 0.360 e. The average molecular weight is 409 g/mol. The lowest BCUT2D eigenvalue weighted by Crippen LogP contribution is -2.48. The van der Waals surface area contributed by atoms with Crippen LogP contribution in [0.5, 0.6) is 0 Å². The highest BCUT2D eigenvalue weighted by atomic mass is 35.5. The van der Waals surface area contributed by atoms with E-state index in [1.807, 2.05) is 6.92 Å². The molecule has 0 saturated heterocycles. The first kappa shape index (κ1) is 19.3. The molecule has 3 rings (SSSR count). The topological polar surface area (TPSA) is 87.5 Å². The maximum atomic E-state index is 13.0. The first-order valence-corrected chi connectivity index (χ1v) is 9.06. The molecule has 1 aromatic heterocycles. The highest BCUT2D eigenvalue weighted by molar-refractivity contribution is 6.42. The molecular formula is C18H18Cl2N4O3. The quantitative estimate of drug-likeness (QED) is 0.789. The van der Waals surface area contributed by atoms with Crippen LogP contribution in [0.2, 0.25) is 10.0 Å². The molecule has 0 fully saturated rings. The van der Waals surface area contributed by atoms with E-state index >= 15 is 0 Å². The molecule has 0 aliphatic carbocycles. The molecule has 0 spiro atoms. The zero-order valence-electron chi connectivity index (χ0n) is 15.0. The lowest BCUT2D eigenvalue weighted by atomic mass is 9.94. The maximum Gasteiger partial charge on any atom is 0.322 e. The van der Waals surface area contributed by atoms with Crippen LogP contribution in [0, 0.1) is 6.92 Å². The Morgan fingerprint density at radius 2 is 2.11 bits per heavy atom. The fourth-order valence-electron chi connectivity index (χ4n) is 3.04. The van der Waals surface area contributed by atoms with Gasteiger partial charge in [0.25, 0.3) is 5.91 Å². The van der Waals surface area contributed by atoms with Gasteiger partial charge in [0.15, 0.2) is 5.82 Å². The predicted molar refractivity (Wildman–Crippen MR) is 103 cm³/mol. The van der Waals surface area contributed by atoms with Gasteiger partial charge in [-0.3, -0.25) is 9.69 Å². The molecule has 27 heavy (non-hydrogen) atoms. The van der Waals surface area contributed by atoms with Gasteiger partial charge in [0.2, 0.25) is 0 Å². The first-order valence-electron chi connectivity index (χ1n) is 8.30. The summed E-state index contributed by atoms with van der Waals surface area (Å²) in [6, 6.07) is 5.62. The Labute approximate surface area is 166 Å². The van der Waals surface area contributed by atoms with E-state index < -0.39 is 11.9 Å². The van der Waals surface area contributed by atoms with E-state index in [9.17, 15) is 9.59 Å². The molecule has 7 nitrogen and oxygen atoms in total. The van der Waals surface area contributed by atoms with Crippen LogP contribution < -0.4 is 10.6 Å². The Bertz CT molecular complexity index is 938. The van der Waals surface area contributed by atoms with E-state index in [4.69, 9.17) is 27.7 Å². The van der Waals surface area contributed by atoms with Crippen molar-refractivity contribution < 1.29 is 14.1 Å². The molecule has 142 valence electrons. The molecule has 2 heterocycles. The van der Waals surface area contributed by atoms with Gasteiger partial charge in [-0.2, -0.15) is 0 Å². The number of hydrogen-bond donors (Lipinski definition) is 2. The summed E-state index contributed by atoms with van der Waals surface area (Å²) >= 11 is 12.5. The van der Waals surface area contributed by atoms with Gasteiger partial charge in [-0.25, -0.2) is 4.79 Å². The van der Waals surface area contributed by atoms with Crippen LogP contribution in [-0.4, -0.2) is 28.5 Å². The Morgan fingerprint density at radius 1 is 1.37 bits per heavy atom. The summed E-state index contributed by atoms with van der Waals surface area (Å²) in [5.74, 6) is 0.437. The molecule has 2 N–H and O–H groups in total. The van der Waals surface area contributed by atoms with Gasteiger partial charge in [-0.15, -0.1) is 0 Å². The van der Waals surface area contributed by atoms with Crippen molar-refractivity contribution >= 4 is 41.0 Å². The zero-order chi connectivity index (χ0) is 19.7. The molecule has 9 heteroatoms. The first-order chi connectivity index (χ1) is 12.8. The molecule has 1 atom stereocenters. The predicted octanol–water partition coefficient (Wildman–Crippen LogP) is 4.29. The number of carbonyl (C=O) groups excluding carboxylic acids is 2. The number of urea groups is 1. The molecule has 1 unspecified atom stereocenters. The van der Waals surface area contributed by atoms with Crippen molar-refractivity contribution in [3.8, 4) is 0 Å². The summed E-state index contributed by atoms with van der Waals surface area (Å²) in [6.07, 6.45) is 0. The normalized spacial score (nSPS) is 17.1. The van der Waals surface area contributed by atoms with E-state index in [1.54, 1.807) is 38.1 Å². The number of aromatic nitrogens is 1. The number of rotatable bonds is 4. The van der Waals surface area contributed by atoms with Crippen LogP contribution in [0.15, 0.2) is 40.1 Å². The van der Waals surface area contributed by atoms with Gasteiger partial charge >= 0.3 is 6.03 Å². The minimum Gasteiger partial charge on any atom is -0.360 e. The molecule has 2 aromatic rings. The van der Waals surface area contributed by atoms with Gasteiger partial charge in [0, 0.05) is 18.3 Å². The lowest BCUT2D eigenvalue weighted by Gasteiger charge is -2.35. The van der Waals surface area contributed by atoms with Crippen molar-refractivity contribution in [3.05, 3.63) is 56.9 Å². The molecule has 1 aliphatic heterocycles. The summed E-state index contributed by atoms with van der Waals surface area (Å²) in [5.41, 5.74) is 1.41. The van der Waals surface area contributed by atoms with E-state index in [0.717, 1.165) is 0 Å². The van der Waals surface area contributed by atoms with Crippen LogP contribution >= 0.6 is 23.2 Å². The van der Waals surface area contributed by atoms with Crippen molar-refractivity contribution in [1.29, 1.82) is 0 Å². The summed E-state index contributed by atoms with van der Waals surface area (Å²) in [6.45, 7) is 5.68. The van der Waals surface area contributed by atoms with Crippen LogP contribution in [-0.2, 0) is 4.79 Å². The molecule has 0 bridgehead atoms. The third kappa shape index (κ3) is 3.65. The fourth-order valence-corrected chi connectivity index (χ4v) is 3.46. The van der Waals surface area contributed by atoms with Crippen LogP contribution in [0.25, 0.3) is 0 Å². The molecule has 3 amide bonds. The zero-order valence-corrected chi connectivity index (χ0v) is 16.5. The second kappa shape index (κ2) is 7.62. The molecule has 1 aromatic carbocycles. The minimum absolute atomic E-state index is 0.282. The van der Waals surface area contributed by atoms with Crippen LogP contribution in [0.4, 0.5) is 10.6 Å². The number of nitrogens with one attached hydrogen (secondary N) is 2. The third-order valence-electron chi connectivity index (χ3n) is 4.32. The van der Waals surface area contributed by atoms with Crippen molar-refractivity contribution in [2.75, 3.05) is 11.9 Å². The van der Waals surface area contributed by atoms with Crippen LogP contribution in [0.1, 0.15) is 31.2 Å². The van der Waals surface area contributed by atoms with Crippen molar-refractivity contribution in [1.82, 2.24) is 15.4 Å². The Kier molecular flexibility index (Phi) is 5.43. The summed E-state index contributed by atoms with van der Waals surface area (Å²) < 4.78 is 4.99. The van der Waals surface area contributed by atoms with E-state index in [-0.39, 0.29) is 16.9 Å². The van der Waals surface area contributed by atoms with E-state index in [1.165, 1.54) is 4.90 Å². The van der Waals surface area contributed by atoms with E-state index in [0.29, 0.717) is 34.2 Å². The van der Waals surface area contributed by atoms with Gasteiger partial charge in [0.05, 0.1) is 21.7 Å². The Balaban J connectivity index is 2.07. The van der Waals surface area contributed by atoms with Gasteiger partial charge in [-0.05, 0) is 32.4 Å². The van der Waals surface area contributed by atoms with Crippen LogP contribution in [0.3, 0.4) is 0 Å². The maximum absolute atomic E-state index is 13.0. The second-order valence-electron chi connectivity index (χ2n) is 6.05. The average Bonchev–Trinajstić information content (AvgIpc) is 3.01.